The van der Waals surface area contributed by atoms with E-state index in [1.54, 1.807) is 31.5 Å². The molecule has 2 saturated heterocycles. The van der Waals surface area contributed by atoms with Crippen LogP contribution in [0.5, 0.6) is 0 Å². The normalized spacial score (nSPS) is 23.0. The largest absolute Gasteiger partial charge is 0.356 e. The summed E-state index contributed by atoms with van der Waals surface area (Å²) in [5, 5.41) is 4.08. The van der Waals surface area contributed by atoms with Crippen LogP contribution in [0.1, 0.15) is 68.7 Å². The van der Waals surface area contributed by atoms with Crippen LogP contribution in [0, 0.1) is 17.8 Å². The molecule has 5 amide bonds. The Kier molecular flexibility index (Phi) is 10.1. The number of H-pyrrole nitrogens is 1. The summed E-state index contributed by atoms with van der Waals surface area (Å²) in [4.78, 5) is 82.8. The minimum Gasteiger partial charge on any atom is -0.356 e. The fraction of sp³-hybridized carbons (Fsp3) is 0.590. The Balaban J connectivity index is 1.16. The molecule has 7 rings (SSSR count). The number of carbonyl (C=O) groups is 5. The number of nitrogens with zero attached hydrogens (tertiary/aromatic N) is 6. The van der Waals surface area contributed by atoms with Crippen molar-refractivity contribution < 1.29 is 24.0 Å². The molecule has 1 saturated carbocycles. The smallest absolute Gasteiger partial charge is 0.228 e. The molecule has 0 bridgehead atoms. The van der Waals surface area contributed by atoms with Crippen molar-refractivity contribution in [3.8, 4) is 0 Å². The van der Waals surface area contributed by atoms with Gasteiger partial charge in [-0.3, -0.25) is 24.0 Å². The molecule has 3 aromatic rings. The maximum absolute atomic E-state index is 14.9. The molecule has 1 aromatic carbocycles. The van der Waals surface area contributed by atoms with Crippen molar-refractivity contribution in [3.63, 3.8) is 0 Å². The molecule has 2 N–H and O–H groups in total. The molecule has 13 nitrogen and oxygen atoms in total. The molecule has 0 unspecified atom stereocenters. The monoisotopic (exact) mass is 712 g/mol. The standard InChI is InChI=1S/C39H52N8O5/c1-4-39-31(38(52)46-20-18-45(19-21-46)36(50)27-8-9-27)23-28(24-33(48)41-13-5-15-44-17-14-40-25-44)37(51)47(39)16-12-30-29-10-6-26(7-11-34(49)43(2)3)22-32(29)42-35(30)39/h6,10,14,17,22,25,27-28,31,42H,4-5,7-9,11-13,15-16,18-21,23-24H2,1-3H3,(H,41,48)/t28-,31-,39+/m1/s1. The van der Waals surface area contributed by atoms with Gasteiger partial charge in [-0.25, -0.2) is 4.98 Å². The Labute approximate surface area is 305 Å². The maximum atomic E-state index is 14.9. The molecule has 52 heavy (non-hydrogen) atoms. The average Bonchev–Trinajstić information content (AvgIpc) is 3.74. The molecular weight excluding hydrogens is 660 g/mol. The Morgan fingerprint density at radius 2 is 1.79 bits per heavy atom. The van der Waals surface area contributed by atoms with E-state index >= 15 is 0 Å². The zero-order chi connectivity index (χ0) is 36.6. The second kappa shape index (κ2) is 14.7. The van der Waals surface area contributed by atoms with Gasteiger partial charge in [-0.2, -0.15) is 0 Å². The number of fused-ring (bicyclic) bond motifs is 5. The molecule has 0 radical (unpaired) electrons. The number of hydrogen-bond donors (Lipinski definition) is 2. The molecule has 5 heterocycles. The van der Waals surface area contributed by atoms with Gasteiger partial charge >= 0.3 is 0 Å². The van der Waals surface area contributed by atoms with Gasteiger partial charge in [-0.05, 0) is 62.1 Å². The second-order valence-corrected chi connectivity index (χ2v) is 15.3. The maximum Gasteiger partial charge on any atom is 0.228 e. The van der Waals surface area contributed by atoms with Gasteiger partial charge in [0.1, 0.15) is 0 Å². The number of amides is 5. The first kappa shape index (κ1) is 35.7. The van der Waals surface area contributed by atoms with Crippen LogP contribution in [0.2, 0.25) is 0 Å². The summed E-state index contributed by atoms with van der Waals surface area (Å²) >= 11 is 0. The molecule has 13 heteroatoms. The van der Waals surface area contributed by atoms with Gasteiger partial charge in [0.2, 0.25) is 29.5 Å². The lowest BCUT2D eigenvalue weighted by molar-refractivity contribution is -0.167. The van der Waals surface area contributed by atoms with E-state index in [1.165, 1.54) is 0 Å². The molecule has 4 aliphatic rings. The van der Waals surface area contributed by atoms with Crippen LogP contribution >= 0.6 is 0 Å². The van der Waals surface area contributed by atoms with Crippen molar-refractivity contribution in [3.05, 3.63) is 53.7 Å². The van der Waals surface area contributed by atoms with E-state index in [4.69, 9.17) is 0 Å². The van der Waals surface area contributed by atoms with Crippen molar-refractivity contribution in [2.24, 2.45) is 17.8 Å². The lowest BCUT2D eigenvalue weighted by Crippen LogP contribution is -2.66. The molecule has 3 fully saturated rings. The van der Waals surface area contributed by atoms with E-state index in [1.807, 2.05) is 25.5 Å². The number of piperidine rings is 1. The Bertz CT molecular complexity index is 1820. The third-order valence-electron chi connectivity index (χ3n) is 11.9. The SMILES string of the molecule is CC[C@]12c3[nH]c4cc(CCC(=O)N(C)C)ccc4c3CCN1C(=O)[C@@H](CC(=O)NCCCn1ccnc1)C[C@@H]2C(=O)N1CCN(C(=O)C2CC2)CC1. The van der Waals surface area contributed by atoms with Gasteiger partial charge in [-0.1, -0.05) is 19.1 Å². The minimum atomic E-state index is -0.902. The number of aromatic nitrogens is 3. The van der Waals surface area contributed by atoms with Gasteiger partial charge in [0.25, 0.3) is 0 Å². The topological polar surface area (TPSA) is 144 Å². The number of carbonyl (C=O) groups excluding carboxylic acids is 5. The number of aromatic amines is 1. The first-order valence-electron chi connectivity index (χ1n) is 19.1. The van der Waals surface area contributed by atoms with Crippen LogP contribution in [0.15, 0.2) is 36.9 Å². The second-order valence-electron chi connectivity index (χ2n) is 15.3. The predicted octanol–water partition coefficient (Wildman–Crippen LogP) is 2.69. The molecule has 3 atom stereocenters. The van der Waals surface area contributed by atoms with E-state index in [0.717, 1.165) is 53.5 Å². The van der Waals surface area contributed by atoms with Crippen LogP contribution in [-0.4, -0.2) is 117 Å². The summed E-state index contributed by atoms with van der Waals surface area (Å²) in [6.45, 7) is 5.66. The molecule has 1 aliphatic carbocycles. The van der Waals surface area contributed by atoms with Crippen molar-refractivity contribution in [1.82, 2.24) is 39.5 Å². The number of hydrogen-bond acceptors (Lipinski definition) is 6. The third kappa shape index (κ3) is 6.81. The van der Waals surface area contributed by atoms with E-state index in [0.29, 0.717) is 65.0 Å². The fourth-order valence-corrected chi connectivity index (χ4v) is 8.84. The molecule has 3 aliphatic heterocycles. The molecular formula is C39H52N8O5. The lowest BCUT2D eigenvalue weighted by Gasteiger charge is -2.56. The number of rotatable bonds is 12. The lowest BCUT2D eigenvalue weighted by atomic mass is 9.65. The average molecular weight is 713 g/mol. The number of imidazole rings is 1. The summed E-state index contributed by atoms with van der Waals surface area (Å²) in [6.07, 6.45) is 10.5. The van der Waals surface area contributed by atoms with Crippen molar-refractivity contribution in [2.45, 2.75) is 76.8 Å². The zero-order valence-corrected chi connectivity index (χ0v) is 30.7. The van der Waals surface area contributed by atoms with E-state index in [-0.39, 0.29) is 48.3 Å². The number of piperazine rings is 1. The number of benzene rings is 1. The van der Waals surface area contributed by atoms with Crippen LogP contribution < -0.4 is 5.32 Å². The van der Waals surface area contributed by atoms with E-state index in [2.05, 4.69) is 40.4 Å². The Morgan fingerprint density at radius 1 is 1.04 bits per heavy atom. The molecule has 278 valence electrons. The number of aryl methyl sites for hydroxylation is 2. The summed E-state index contributed by atoms with van der Waals surface area (Å²) < 4.78 is 1.96. The minimum absolute atomic E-state index is 0.0157. The Hall–Kier alpha value is -4.68. The van der Waals surface area contributed by atoms with Crippen molar-refractivity contribution in [1.29, 1.82) is 0 Å². The first-order chi connectivity index (χ1) is 25.1. The summed E-state index contributed by atoms with van der Waals surface area (Å²) in [7, 11) is 3.53. The Morgan fingerprint density at radius 3 is 2.46 bits per heavy atom. The first-order valence-corrected chi connectivity index (χ1v) is 19.1. The highest BCUT2D eigenvalue weighted by molar-refractivity contribution is 5.93. The van der Waals surface area contributed by atoms with Crippen LogP contribution in [0.25, 0.3) is 10.9 Å². The highest BCUT2D eigenvalue weighted by Gasteiger charge is 2.59. The predicted molar refractivity (Wildman–Crippen MR) is 195 cm³/mol. The van der Waals surface area contributed by atoms with Crippen LogP contribution in [-0.2, 0) is 48.9 Å². The van der Waals surface area contributed by atoms with Gasteiger partial charge in [0, 0.05) is 114 Å². The van der Waals surface area contributed by atoms with Crippen molar-refractivity contribution >= 4 is 40.4 Å². The third-order valence-corrected chi connectivity index (χ3v) is 11.9. The van der Waals surface area contributed by atoms with Gasteiger partial charge < -0.3 is 34.5 Å². The molecule has 0 spiro atoms. The zero-order valence-electron chi connectivity index (χ0n) is 30.7. The van der Waals surface area contributed by atoms with Crippen LogP contribution in [0.4, 0.5) is 0 Å². The summed E-state index contributed by atoms with van der Waals surface area (Å²) in [6, 6.07) is 6.28. The molecule has 2 aromatic heterocycles. The van der Waals surface area contributed by atoms with Gasteiger partial charge in [-0.15, -0.1) is 0 Å². The van der Waals surface area contributed by atoms with Crippen LogP contribution in [0.3, 0.4) is 0 Å². The van der Waals surface area contributed by atoms with Gasteiger partial charge in [0.15, 0.2) is 0 Å². The highest BCUT2D eigenvalue weighted by Crippen LogP contribution is 2.52. The van der Waals surface area contributed by atoms with Gasteiger partial charge in [0.05, 0.1) is 17.8 Å². The highest BCUT2D eigenvalue weighted by atomic mass is 16.2. The summed E-state index contributed by atoms with van der Waals surface area (Å²) in [5.41, 5.74) is 3.13. The van der Waals surface area contributed by atoms with E-state index in [9.17, 15) is 24.0 Å². The fourth-order valence-electron chi connectivity index (χ4n) is 8.84. The quantitative estimate of drug-likeness (QED) is 0.277. The van der Waals surface area contributed by atoms with Crippen molar-refractivity contribution in [2.75, 3.05) is 53.4 Å². The van der Waals surface area contributed by atoms with E-state index < -0.39 is 17.4 Å². The number of nitrogens with one attached hydrogen (secondary N) is 2. The summed E-state index contributed by atoms with van der Waals surface area (Å²) in [5.74, 6) is -1.06.